The van der Waals surface area contributed by atoms with Crippen LogP contribution in [-0.4, -0.2) is 32.4 Å². The third kappa shape index (κ3) is 2.33. The van der Waals surface area contributed by atoms with Crippen LogP contribution in [0.5, 0.6) is 5.75 Å². The third-order valence-corrected chi connectivity index (χ3v) is 2.47. The average Bonchev–Trinajstić information content (AvgIpc) is 2.82. The maximum absolute atomic E-state index is 11.5. The number of para-hydroxylation sites is 1. The number of hydrogen-bond acceptors (Lipinski definition) is 4. The highest BCUT2D eigenvalue weighted by Gasteiger charge is 2.20. The van der Waals surface area contributed by atoms with Crippen LogP contribution < -0.4 is 4.74 Å². The van der Waals surface area contributed by atoms with Gasteiger partial charge in [0.2, 0.25) is 0 Å². The average molecular weight is 222 g/mol. The van der Waals surface area contributed by atoms with Gasteiger partial charge in [-0.2, -0.15) is 0 Å². The first-order valence-electron chi connectivity index (χ1n) is 5.23. The Kier molecular flexibility index (Phi) is 3.41. The van der Waals surface area contributed by atoms with E-state index in [-0.39, 0.29) is 12.1 Å². The predicted molar refractivity (Wildman–Crippen MR) is 57.6 cm³/mol. The second kappa shape index (κ2) is 4.99. The fraction of sp³-hybridized carbons (Fsp3) is 0.417. The topological polar surface area (TPSA) is 44.8 Å². The minimum Gasteiger partial charge on any atom is -0.487 e. The Balaban J connectivity index is 2.15. The molecular formula is C12H14O4. The van der Waals surface area contributed by atoms with Crippen molar-refractivity contribution in [2.75, 3.05) is 20.3 Å². The molecule has 1 aliphatic heterocycles. The van der Waals surface area contributed by atoms with E-state index in [9.17, 15) is 4.79 Å². The van der Waals surface area contributed by atoms with Crippen molar-refractivity contribution in [3.8, 4) is 5.75 Å². The number of carbonyl (C=O) groups is 1. The first-order chi connectivity index (χ1) is 7.81. The Morgan fingerprint density at radius 2 is 2.25 bits per heavy atom. The van der Waals surface area contributed by atoms with Crippen LogP contribution in [0, 0.1) is 0 Å². The van der Waals surface area contributed by atoms with Crippen molar-refractivity contribution in [1.29, 1.82) is 0 Å². The van der Waals surface area contributed by atoms with Gasteiger partial charge in [-0.05, 0) is 12.1 Å². The molecule has 0 radical (unpaired) electrons. The number of hydrogen-bond donors (Lipinski definition) is 0. The van der Waals surface area contributed by atoms with Crippen LogP contribution in [-0.2, 0) is 9.47 Å². The van der Waals surface area contributed by atoms with E-state index >= 15 is 0 Å². The van der Waals surface area contributed by atoms with Gasteiger partial charge in [0.15, 0.2) is 0 Å². The monoisotopic (exact) mass is 222 g/mol. The molecule has 1 aliphatic rings. The molecule has 4 heteroatoms. The van der Waals surface area contributed by atoms with Crippen LogP contribution >= 0.6 is 0 Å². The van der Waals surface area contributed by atoms with Crippen molar-refractivity contribution in [2.45, 2.75) is 12.5 Å². The Morgan fingerprint density at radius 3 is 2.94 bits per heavy atom. The van der Waals surface area contributed by atoms with Crippen molar-refractivity contribution in [2.24, 2.45) is 0 Å². The summed E-state index contributed by atoms with van der Waals surface area (Å²) in [7, 11) is 1.36. The zero-order valence-electron chi connectivity index (χ0n) is 9.14. The van der Waals surface area contributed by atoms with Gasteiger partial charge in [0.1, 0.15) is 17.4 Å². The van der Waals surface area contributed by atoms with E-state index < -0.39 is 0 Å². The molecule has 0 aliphatic carbocycles. The smallest absolute Gasteiger partial charge is 0.341 e. The fourth-order valence-corrected chi connectivity index (χ4v) is 1.63. The van der Waals surface area contributed by atoms with Crippen molar-refractivity contribution in [3.05, 3.63) is 29.8 Å². The standard InChI is InChI=1S/C12H14O4/c1-14-12(13)10-4-2-3-5-11(10)16-9-6-7-15-8-9/h2-5,9H,6-8H2,1H3. The summed E-state index contributed by atoms with van der Waals surface area (Å²) in [5, 5.41) is 0. The summed E-state index contributed by atoms with van der Waals surface area (Å²) in [5.74, 6) is 0.180. The molecule has 0 bridgehead atoms. The van der Waals surface area contributed by atoms with Crippen molar-refractivity contribution in [1.82, 2.24) is 0 Å². The van der Waals surface area contributed by atoms with E-state index in [2.05, 4.69) is 0 Å². The highest BCUT2D eigenvalue weighted by molar-refractivity contribution is 5.92. The number of ether oxygens (including phenoxy) is 3. The SMILES string of the molecule is COC(=O)c1ccccc1OC1CCOC1. The quantitative estimate of drug-likeness (QED) is 0.729. The van der Waals surface area contributed by atoms with Gasteiger partial charge in [-0.15, -0.1) is 0 Å². The lowest BCUT2D eigenvalue weighted by molar-refractivity contribution is 0.0591. The predicted octanol–water partition coefficient (Wildman–Crippen LogP) is 1.64. The summed E-state index contributed by atoms with van der Waals surface area (Å²) in [6.45, 7) is 1.29. The van der Waals surface area contributed by atoms with E-state index in [0.717, 1.165) is 6.42 Å². The molecule has 1 fully saturated rings. The molecule has 1 aromatic rings. The second-order valence-corrected chi connectivity index (χ2v) is 3.59. The maximum Gasteiger partial charge on any atom is 0.341 e. The third-order valence-electron chi connectivity index (χ3n) is 2.47. The summed E-state index contributed by atoms with van der Waals surface area (Å²) < 4.78 is 15.6. The molecule has 2 rings (SSSR count). The number of esters is 1. The lowest BCUT2D eigenvalue weighted by Gasteiger charge is -2.14. The van der Waals surface area contributed by atoms with Crippen LogP contribution in [0.3, 0.4) is 0 Å². The highest BCUT2D eigenvalue weighted by atomic mass is 16.6. The van der Waals surface area contributed by atoms with Crippen LogP contribution in [0.1, 0.15) is 16.8 Å². The minimum atomic E-state index is -0.380. The molecule has 86 valence electrons. The van der Waals surface area contributed by atoms with Gasteiger partial charge in [0.25, 0.3) is 0 Å². The first-order valence-corrected chi connectivity index (χ1v) is 5.23. The second-order valence-electron chi connectivity index (χ2n) is 3.59. The molecule has 0 amide bonds. The van der Waals surface area contributed by atoms with Gasteiger partial charge in [-0.25, -0.2) is 4.79 Å². The van der Waals surface area contributed by atoms with Crippen LogP contribution in [0.2, 0.25) is 0 Å². The molecule has 1 unspecified atom stereocenters. The van der Waals surface area contributed by atoms with E-state index in [4.69, 9.17) is 14.2 Å². The zero-order chi connectivity index (χ0) is 11.4. The fourth-order valence-electron chi connectivity index (χ4n) is 1.63. The normalized spacial score (nSPS) is 19.4. The number of methoxy groups -OCH3 is 1. The summed E-state index contributed by atoms with van der Waals surface area (Å²) in [6, 6.07) is 7.07. The van der Waals surface area contributed by atoms with E-state index in [1.54, 1.807) is 18.2 Å². The largest absolute Gasteiger partial charge is 0.487 e. The minimum absolute atomic E-state index is 0.0332. The molecule has 0 spiro atoms. The molecule has 0 aromatic heterocycles. The lowest BCUT2D eigenvalue weighted by atomic mass is 10.2. The van der Waals surface area contributed by atoms with E-state index in [1.807, 2.05) is 6.07 Å². The Labute approximate surface area is 94.1 Å². The van der Waals surface area contributed by atoms with Crippen molar-refractivity contribution < 1.29 is 19.0 Å². The van der Waals surface area contributed by atoms with Gasteiger partial charge >= 0.3 is 5.97 Å². The molecule has 0 saturated carbocycles. The van der Waals surface area contributed by atoms with Gasteiger partial charge in [0.05, 0.1) is 20.3 Å². The van der Waals surface area contributed by atoms with Gasteiger partial charge in [0, 0.05) is 6.42 Å². The van der Waals surface area contributed by atoms with Crippen molar-refractivity contribution >= 4 is 5.97 Å². The summed E-state index contributed by atoms with van der Waals surface area (Å²) in [6.07, 6.45) is 0.890. The number of benzene rings is 1. The molecule has 1 aromatic carbocycles. The van der Waals surface area contributed by atoms with Crippen LogP contribution in [0.25, 0.3) is 0 Å². The zero-order valence-corrected chi connectivity index (χ0v) is 9.14. The molecule has 1 saturated heterocycles. The van der Waals surface area contributed by atoms with E-state index in [0.29, 0.717) is 24.5 Å². The number of rotatable bonds is 3. The molecule has 1 heterocycles. The summed E-state index contributed by atoms with van der Waals surface area (Å²) in [5.41, 5.74) is 0.455. The molecule has 1 atom stereocenters. The molecule has 16 heavy (non-hydrogen) atoms. The van der Waals surface area contributed by atoms with Crippen LogP contribution in [0.4, 0.5) is 0 Å². The van der Waals surface area contributed by atoms with E-state index in [1.165, 1.54) is 7.11 Å². The first kappa shape index (κ1) is 11.0. The van der Waals surface area contributed by atoms with Gasteiger partial charge < -0.3 is 14.2 Å². The number of carbonyl (C=O) groups excluding carboxylic acids is 1. The summed E-state index contributed by atoms with van der Waals surface area (Å²) in [4.78, 5) is 11.5. The molecule has 4 nitrogen and oxygen atoms in total. The van der Waals surface area contributed by atoms with Gasteiger partial charge in [-0.1, -0.05) is 12.1 Å². The molecular weight excluding hydrogens is 208 g/mol. The van der Waals surface area contributed by atoms with Gasteiger partial charge in [-0.3, -0.25) is 0 Å². The van der Waals surface area contributed by atoms with Crippen LogP contribution in [0.15, 0.2) is 24.3 Å². The molecule has 0 N–H and O–H groups in total. The Morgan fingerprint density at radius 1 is 1.44 bits per heavy atom. The Bertz CT molecular complexity index is 369. The Hall–Kier alpha value is -1.55. The van der Waals surface area contributed by atoms with Crippen molar-refractivity contribution in [3.63, 3.8) is 0 Å². The highest BCUT2D eigenvalue weighted by Crippen LogP contribution is 2.22. The summed E-state index contributed by atoms with van der Waals surface area (Å²) >= 11 is 0. The maximum atomic E-state index is 11.5. The lowest BCUT2D eigenvalue weighted by Crippen LogP contribution is -2.17.